The highest BCUT2D eigenvalue weighted by Gasteiger charge is 2.23. The number of nitrogens with one attached hydrogen (secondary N) is 2. The fourth-order valence-electron chi connectivity index (χ4n) is 3.87. The predicted molar refractivity (Wildman–Crippen MR) is 101 cm³/mol. The van der Waals surface area contributed by atoms with Gasteiger partial charge in [0, 0.05) is 31.2 Å². The summed E-state index contributed by atoms with van der Waals surface area (Å²) in [6, 6.07) is 0.548. The zero-order valence-electron chi connectivity index (χ0n) is 16.3. The quantitative estimate of drug-likeness (QED) is 0.851. The Kier molecular flexibility index (Phi) is 5.46. The van der Waals surface area contributed by atoms with Gasteiger partial charge in [0.05, 0.1) is 12.5 Å². The van der Waals surface area contributed by atoms with Crippen LogP contribution in [-0.2, 0) is 18.3 Å². The third-order valence-corrected chi connectivity index (χ3v) is 5.43. The van der Waals surface area contributed by atoms with E-state index in [9.17, 15) is 4.79 Å². The molecule has 0 spiro atoms. The minimum Gasteiger partial charge on any atom is -0.479 e. The van der Waals surface area contributed by atoms with Gasteiger partial charge in [-0.25, -0.2) is 9.67 Å². The van der Waals surface area contributed by atoms with Gasteiger partial charge in [0.2, 0.25) is 11.8 Å². The smallest absolute Gasteiger partial charge is 0.242 e. The molecule has 3 rings (SSSR count). The fourth-order valence-corrected chi connectivity index (χ4v) is 3.87. The highest BCUT2D eigenvalue weighted by Crippen LogP contribution is 2.30. The molecule has 3 heterocycles. The topological polar surface area (TPSA) is 81.1 Å². The van der Waals surface area contributed by atoms with Crippen LogP contribution in [0, 0.1) is 13.8 Å². The molecule has 7 heteroatoms. The van der Waals surface area contributed by atoms with Crippen LogP contribution < -0.4 is 15.4 Å². The van der Waals surface area contributed by atoms with Crippen LogP contribution in [0.15, 0.2) is 0 Å². The molecule has 142 valence electrons. The third kappa shape index (κ3) is 3.53. The molecule has 0 aromatic carbocycles. The maximum absolute atomic E-state index is 12.4. The Morgan fingerprint density at radius 3 is 2.88 bits per heavy atom. The van der Waals surface area contributed by atoms with Crippen molar-refractivity contribution in [1.82, 2.24) is 25.4 Å². The van der Waals surface area contributed by atoms with Crippen LogP contribution >= 0.6 is 0 Å². The molecule has 2 aromatic heterocycles. The SMILES string of the molecule is COc1nn(C)c2nc(C)c(CCC(=O)NC3CCCNC3C)c(C)c12. The Hall–Kier alpha value is -2.15. The number of amides is 1. The second-order valence-corrected chi connectivity index (χ2v) is 7.19. The minimum atomic E-state index is 0.0996. The van der Waals surface area contributed by atoms with Gasteiger partial charge < -0.3 is 15.4 Å². The standard InChI is InChI=1S/C19H29N5O2/c1-11-14(8-9-16(25)22-15-7-6-10-20-13(15)3)12(2)21-18-17(11)19(26-5)23-24(18)4/h13,15,20H,6-10H2,1-5H3,(H,22,25). The lowest BCUT2D eigenvalue weighted by Crippen LogP contribution is -2.51. The summed E-state index contributed by atoms with van der Waals surface area (Å²) in [5.41, 5.74) is 3.96. The van der Waals surface area contributed by atoms with Crippen molar-refractivity contribution in [3.8, 4) is 5.88 Å². The van der Waals surface area contributed by atoms with Gasteiger partial charge in [-0.3, -0.25) is 4.79 Å². The fraction of sp³-hybridized carbons (Fsp3) is 0.632. The van der Waals surface area contributed by atoms with E-state index in [4.69, 9.17) is 4.74 Å². The van der Waals surface area contributed by atoms with Crippen molar-refractivity contribution in [1.29, 1.82) is 0 Å². The second kappa shape index (κ2) is 7.61. The Morgan fingerprint density at radius 2 is 2.19 bits per heavy atom. The van der Waals surface area contributed by atoms with Crippen molar-refractivity contribution in [2.24, 2.45) is 7.05 Å². The maximum atomic E-state index is 12.4. The number of methoxy groups -OCH3 is 1. The Bertz CT molecular complexity index is 814. The third-order valence-electron chi connectivity index (χ3n) is 5.43. The van der Waals surface area contributed by atoms with E-state index in [0.29, 0.717) is 24.8 Å². The number of ether oxygens (including phenoxy) is 1. The molecule has 0 aliphatic carbocycles. The van der Waals surface area contributed by atoms with E-state index in [0.717, 1.165) is 47.2 Å². The molecule has 0 bridgehead atoms. The van der Waals surface area contributed by atoms with Crippen molar-refractivity contribution < 1.29 is 9.53 Å². The van der Waals surface area contributed by atoms with Crippen molar-refractivity contribution >= 4 is 16.9 Å². The van der Waals surface area contributed by atoms with E-state index < -0.39 is 0 Å². The van der Waals surface area contributed by atoms with E-state index in [-0.39, 0.29) is 11.9 Å². The van der Waals surface area contributed by atoms with Gasteiger partial charge in [-0.1, -0.05) is 0 Å². The van der Waals surface area contributed by atoms with Crippen LogP contribution in [-0.4, -0.2) is 46.4 Å². The van der Waals surface area contributed by atoms with E-state index >= 15 is 0 Å². The van der Waals surface area contributed by atoms with Gasteiger partial charge in [0.25, 0.3) is 0 Å². The zero-order valence-corrected chi connectivity index (χ0v) is 16.3. The zero-order chi connectivity index (χ0) is 18.8. The molecular weight excluding hydrogens is 330 g/mol. The van der Waals surface area contributed by atoms with Crippen LogP contribution in [0.1, 0.15) is 43.0 Å². The van der Waals surface area contributed by atoms with Gasteiger partial charge in [0.1, 0.15) is 0 Å². The number of hydrogen-bond donors (Lipinski definition) is 2. The summed E-state index contributed by atoms with van der Waals surface area (Å²) < 4.78 is 7.14. The van der Waals surface area contributed by atoms with Crippen molar-refractivity contribution in [3.63, 3.8) is 0 Å². The first-order valence-electron chi connectivity index (χ1n) is 9.32. The summed E-state index contributed by atoms with van der Waals surface area (Å²) >= 11 is 0. The van der Waals surface area contributed by atoms with Crippen LogP contribution in [0.2, 0.25) is 0 Å². The molecule has 2 aromatic rings. The molecule has 0 radical (unpaired) electrons. The number of hydrogen-bond acceptors (Lipinski definition) is 5. The molecule has 2 unspecified atom stereocenters. The summed E-state index contributed by atoms with van der Waals surface area (Å²) in [4.78, 5) is 17.1. The first-order valence-corrected chi connectivity index (χ1v) is 9.32. The highest BCUT2D eigenvalue weighted by atomic mass is 16.5. The van der Waals surface area contributed by atoms with E-state index in [1.54, 1.807) is 11.8 Å². The number of pyridine rings is 1. The van der Waals surface area contributed by atoms with Crippen molar-refractivity contribution in [3.05, 3.63) is 16.8 Å². The van der Waals surface area contributed by atoms with Gasteiger partial charge in [-0.05, 0) is 57.7 Å². The van der Waals surface area contributed by atoms with Crippen molar-refractivity contribution in [2.45, 2.75) is 58.5 Å². The molecule has 1 aliphatic heterocycles. The molecule has 2 atom stereocenters. The lowest BCUT2D eigenvalue weighted by Gasteiger charge is -2.30. The summed E-state index contributed by atoms with van der Waals surface area (Å²) in [6.45, 7) is 7.21. The average molecular weight is 359 g/mol. The van der Waals surface area contributed by atoms with E-state index in [1.165, 1.54) is 0 Å². The number of aryl methyl sites for hydroxylation is 3. The lowest BCUT2D eigenvalue weighted by molar-refractivity contribution is -0.122. The molecule has 7 nitrogen and oxygen atoms in total. The van der Waals surface area contributed by atoms with Crippen LogP contribution in [0.25, 0.3) is 11.0 Å². The Morgan fingerprint density at radius 1 is 1.42 bits per heavy atom. The summed E-state index contributed by atoms with van der Waals surface area (Å²) in [5.74, 6) is 0.683. The van der Waals surface area contributed by atoms with Crippen molar-refractivity contribution in [2.75, 3.05) is 13.7 Å². The molecule has 1 fully saturated rings. The normalized spacial score (nSPS) is 20.3. The summed E-state index contributed by atoms with van der Waals surface area (Å²) in [7, 11) is 3.48. The van der Waals surface area contributed by atoms with Gasteiger partial charge >= 0.3 is 0 Å². The molecule has 1 saturated heterocycles. The molecule has 1 aliphatic rings. The summed E-state index contributed by atoms with van der Waals surface area (Å²) in [5, 5.41) is 11.9. The maximum Gasteiger partial charge on any atom is 0.242 e. The number of piperidine rings is 1. The van der Waals surface area contributed by atoms with E-state index in [1.807, 2.05) is 14.0 Å². The van der Waals surface area contributed by atoms with Crippen LogP contribution in [0.5, 0.6) is 5.88 Å². The second-order valence-electron chi connectivity index (χ2n) is 7.19. The molecule has 1 amide bonds. The Balaban J connectivity index is 1.75. The van der Waals surface area contributed by atoms with Crippen LogP contribution in [0.4, 0.5) is 0 Å². The average Bonchev–Trinajstić information content (AvgIpc) is 2.93. The number of fused-ring (bicyclic) bond motifs is 1. The number of carbonyl (C=O) groups is 1. The molecular formula is C19H29N5O2. The minimum absolute atomic E-state index is 0.0996. The first kappa shape index (κ1) is 18.6. The van der Waals surface area contributed by atoms with Gasteiger partial charge in [0.15, 0.2) is 5.65 Å². The largest absolute Gasteiger partial charge is 0.479 e. The summed E-state index contributed by atoms with van der Waals surface area (Å²) in [6.07, 6.45) is 3.27. The van der Waals surface area contributed by atoms with Crippen LogP contribution in [0.3, 0.4) is 0 Å². The van der Waals surface area contributed by atoms with E-state index in [2.05, 4.69) is 34.6 Å². The predicted octanol–water partition coefficient (Wildman–Crippen LogP) is 1.78. The number of rotatable bonds is 5. The van der Waals surface area contributed by atoms with Gasteiger partial charge in [-0.2, -0.15) is 0 Å². The highest BCUT2D eigenvalue weighted by molar-refractivity contribution is 5.86. The number of carbonyl (C=O) groups excluding carboxylic acids is 1. The first-order chi connectivity index (χ1) is 12.4. The Labute approximate surface area is 154 Å². The molecule has 2 N–H and O–H groups in total. The number of aromatic nitrogens is 3. The number of nitrogens with zero attached hydrogens (tertiary/aromatic N) is 3. The van der Waals surface area contributed by atoms with Gasteiger partial charge in [-0.15, -0.1) is 5.10 Å². The molecule has 0 saturated carbocycles. The monoisotopic (exact) mass is 359 g/mol. The molecule has 26 heavy (non-hydrogen) atoms. The lowest BCUT2D eigenvalue weighted by atomic mass is 9.98.